The first-order chi connectivity index (χ1) is 19.6. The van der Waals surface area contributed by atoms with E-state index in [0.29, 0.717) is 11.7 Å². The van der Waals surface area contributed by atoms with E-state index in [1.807, 2.05) is 43.5 Å². The summed E-state index contributed by atoms with van der Waals surface area (Å²) in [5.74, 6) is 1.21. The van der Waals surface area contributed by atoms with Gasteiger partial charge in [0.1, 0.15) is 5.69 Å². The smallest absolute Gasteiger partial charge is 0.159 e. The molecule has 0 aliphatic heterocycles. The number of nitrogens with zero attached hydrogens (tertiary/aromatic N) is 4. The van der Waals surface area contributed by atoms with Crippen molar-refractivity contribution in [3.63, 3.8) is 0 Å². The highest BCUT2D eigenvalue weighted by atomic mass is 15.1. The van der Waals surface area contributed by atoms with Crippen LogP contribution in [0.1, 0.15) is 44.7 Å². The molecule has 1 aliphatic carbocycles. The summed E-state index contributed by atoms with van der Waals surface area (Å²) in [7, 11) is 0. The van der Waals surface area contributed by atoms with Crippen LogP contribution in [-0.2, 0) is 0 Å². The molecule has 7 heteroatoms. The number of para-hydroxylation sites is 1. The molecule has 1 aromatic carbocycles. The molecule has 1 aliphatic rings. The minimum atomic E-state index is 0.511. The predicted octanol–water partition coefficient (Wildman–Crippen LogP) is 7.72. The van der Waals surface area contributed by atoms with Gasteiger partial charge in [-0.25, -0.2) is 4.98 Å². The fourth-order valence-electron chi connectivity index (χ4n) is 5.52. The fourth-order valence-corrected chi connectivity index (χ4v) is 5.52. The molecule has 200 valence electrons. The number of imidazole rings is 1. The number of H-pyrrole nitrogens is 2. The SMILES string of the molecule is C=C/C(=C\C(=C/C)c1cc2c(-c3nc4c(-c5ccncc5)cccc4[nH]3)n[nH]c2cn1)NC(=C)C1CCCCC1. The van der Waals surface area contributed by atoms with Crippen molar-refractivity contribution >= 4 is 27.5 Å². The minimum Gasteiger partial charge on any atom is -0.359 e. The predicted molar refractivity (Wildman–Crippen MR) is 163 cm³/mol. The Morgan fingerprint density at radius 3 is 2.67 bits per heavy atom. The molecule has 4 heterocycles. The third kappa shape index (κ3) is 4.98. The van der Waals surface area contributed by atoms with Crippen LogP contribution in [0.3, 0.4) is 0 Å². The number of aromatic amines is 2. The third-order valence-electron chi connectivity index (χ3n) is 7.72. The van der Waals surface area contributed by atoms with Gasteiger partial charge in [-0.1, -0.05) is 50.6 Å². The molecule has 3 N–H and O–H groups in total. The Kier molecular flexibility index (Phi) is 7.10. The third-order valence-corrected chi connectivity index (χ3v) is 7.72. The summed E-state index contributed by atoms with van der Waals surface area (Å²) >= 11 is 0. The topological polar surface area (TPSA) is 95.2 Å². The van der Waals surface area contributed by atoms with E-state index in [2.05, 4.69) is 62.9 Å². The van der Waals surface area contributed by atoms with Crippen molar-refractivity contribution in [2.45, 2.75) is 39.0 Å². The van der Waals surface area contributed by atoms with Gasteiger partial charge >= 0.3 is 0 Å². The zero-order valence-corrected chi connectivity index (χ0v) is 22.7. The average molecular weight is 528 g/mol. The molecule has 5 aromatic rings. The van der Waals surface area contributed by atoms with Crippen molar-refractivity contribution in [3.05, 3.63) is 103 Å². The van der Waals surface area contributed by atoms with Crippen LogP contribution >= 0.6 is 0 Å². The molecule has 0 unspecified atom stereocenters. The van der Waals surface area contributed by atoms with Crippen LogP contribution in [0.25, 0.3) is 50.2 Å². The summed E-state index contributed by atoms with van der Waals surface area (Å²) < 4.78 is 0. The number of rotatable bonds is 8. The molecule has 0 atom stereocenters. The quantitative estimate of drug-likeness (QED) is 0.180. The van der Waals surface area contributed by atoms with Gasteiger partial charge in [-0.2, -0.15) is 5.10 Å². The first-order valence-corrected chi connectivity index (χ1v) is 13.8. The van der Waals surface area contributed by atoms with Crippen molar-refractivity contribution in [1.29, 1.82) is 0 Å². The van der Waals surface area contributed by atoms with Crippen molar-refractivity contribution in [2.75, 3.05) is 0 Å². The molecule has 7 nitrogen and oxygen atoms in total. The van der Waals surface area contributed by atoms with Gasteiger partial charge in [-0.3, -0.25) is 15.1 Å². The lowest BCUT2D eigenvalue weighted by Crippen LogP contribution is -2.20. The molecule has 0 spiro atoms. The zero-order valence-electron chi connectivity index (χ0n) is 22.7. The summed E-state index contributed by atoms with van der Waals surface area (Å²) in [6, 6.07) is 12.2. The van der Waals surface area contributed by atoms with E-state index in [9.17, 15) is 0 Å². The van der Waals surface area contributed by atoms with Crippen LogP contribution in [-0.4, -0.2) is 30.1 Å². The van der Waals surface area contributed by atoms with Gasteiger partial charge in [0, 0.05) is 34.7 Å². The van der Waals surface area contributed by atoms with Gasteiger partial charge in [0.2, 0.25) is 0 Å². The molecular weight excluding hydrogens is 494 g/mol. The molecule has 4 aromatic heterocycles. The highest BCUT2D eigenvalue weighted by Crippen LogP contribution is 2.32. The second-order valence-corrected chi connectivity index (χ2v) is 10.2. The largest absolute Gasteiger partial charge is 0.359 e. The second-order valence-electron chi connectivity index (χ2n) is 10.2. The summed E-state index contributed by atoms with van der Waals surface area (Å²) in [6.07, 6.45) is 17.6. The van der Waals surface area contributed by atoms with E-state index >= 15 is 0 Å². The van der Waals surface area contributed by atoms with E-state index in [1.165, 1.54) is 32.1 Å². The molecule has 6 rings (SSSR count). The van der Waals surface area contributed by atoms with Gasteiger partial charge in [0.05, 0.1) is 28.4 Å². The number of nitrogens with one attached hydrogen (secondary N) is 3. The normalized spacial score (nSPS) is 15.0. The number of hydrogen-bond acceptors (Lipinski definition) is 5. The number of benzene rings is 1. The van der Waals surface area contributed by atoms with Crippen LogP contribution in [0.4, 0.5) is 0 Å². The molecule has 0 saturated heterocycles. The number of allylic oxidation sites excluding steroid dienone is 5. The summed E-state index contributed by atoms with van der Waals surface area (Å²) in [5.41, 5.74) is 9.37. The van der Waals surface area contributed by atoms with Crippen molar-refractivity contribution in [2.24, 2.45) is 5.92 Å². The van der Waals surface area contributed by atoms with E-state index in [-0.39, 0.29) is 0 Å². The Morgan fingerprint density at radius 2 is 1.90 bits per heavy atom. The zero-order chi connectivity index (χ0) is 27.5. The maximum absolute atomic E-state index is 4.98. The lowest BCUT2D eigenvalue weighted by molar-refractivity contribution is 0.393. The maximum Gasteiger partial charge on any atom is 0.159 e. The second kappa shape index (κ2) is 11.1. The Balaban J connectivity index is 1.33. The summed E-state index contributed by atoms with van der Waals surface area (Å²) in [5, 5.41) is 12.2. The number of aromatic nitrogens is 6. The number of hydrogen-bond donors (Lipinski definition) is 3. The molecule has 0 amide bonds. The van der Waals surface area contributed by atoms with E-state index < -0.39 is 0 Å². The highest BCUT2D eigenvalue weighted by molar-refractivity contribution is 5.97. The molecule has 0 bridgehead atoms. The van der Waals surface area contributed by atoms with Crippen LogP contribution in [0.2, 0.25) is 0 Å². The first kappa shape index (κ1) is 25.5. The molecular formula is C33H33N7. The van der Waals surface area contributed by atoms with Gasteiger partial charge in [-0.05, 0) is 73.2 Å². The van der Waals surface area contributed by atoms with E-state index in [4.69, 9.17) is 9.97 Å². The van der Waals surface area contributed by atoms with Gasteiger partial charge in [-0.15, -0.1) is 0 Å². The van der Waals surface area contributed by atoms with E-state index in [1.54, 1.807) is 12.4 Å². The molecule has 40 heavy (non-hydrogen) atoms. The Morgan fingerprint density at radius 1 is 1.07 bits per heavy atom. The monoisotopic (exact) mass is 527 g/mol. The summed E-state index contributed by atoms with van der Waals surface area (Å²) in [6.45, 7) is 10.4. The van der Waals surface area contributed by atoms with Gasteiger partial charge in [0.15, 0.2) is 5.82 Å². The summed E-state index contributed by atoms with van der Waals surface area (Å²) in [4.78, 5) is 17.3. The minimum absolute atomic E-state index is 0.511. The highest BCUT2D eigenvalue weighted by Gasteiger charge is 2.18. The Bertz CT molecular complexity index is 1750. The lowest BCUT2D eigenvalue weighted by atomic mass is 9.87. The van der Waals surface area contributed by atoms with Crippen LogP contribution in [0.5, 0.6) is 0 Å². The van der Waals surface area contributed by atoms with Crippen molar-refractivity contribution in [1.82, 2.24) is 35.5 Å². The molecule has 1 fully saturated rings. The number of fused-ring (bicyclic) bond motifs is 2. The fraction of sp³-hybridized carbons (Fsp3) is 0.212. The first-order valence-electron chi connectivity index (χ1n) is 13.8. The number of pyridine rings is 2. The average Bonchev–Trinajstić information content (AvgIpc) is 3.64. The van der Waals surface area contributed by atoms with Gasteiger partial charge in [0.25, 0.3) is 0 Å². The standard InChI is InChI=1S/C33H33N7/c1-4-22(18-25(5-2)36-21(3)23-10-7-6-8-11-23)29-19-27-30(20-35-29)39-40-32(27)33-37-28-13-9-12-26(31(28)38-33)24-14-16-34-17-15-24/h4-5,9,12-20,23,36H,2-3,6-8,10-11H2,1H3,(H,37,38)(H,39,40)/b22-4+,25-18+. The van der Waals surface area contributed by atoms with Crippen LogP contribution in [0, 0.1) is 5.92 Å². The van der Waals surface area contributed by atoms with Crippen LogP contribution in [0.15, 0.2) is 97.8 Å². The molecule has 1 saturated carbocycles. The van der Waals surface area contributed by atoms with Crippen LogP contribution < -0.4 is 5.32 Å². The van der Waals surface area contributed by atoms with Crippen molar-refractivity contribution in [3.8, 4) is 22.6 Å². The van der Waals surface area contributed by atoms with Gasteiger partial charge < -0.3 is 10.3 Å². The van der Waals surface area contributed by atoms with E-state index in [0.717, 1.165) is 61.4 Å². The Hall–Kier alpha value is -4.78. The lowest BCUT2D eigenvalue weighted by Gasteiger charge is -2.25. The van der Waals surface area contributed by atoms with Crippen molar-refractivity contribution < 1.29 is 0 Å². The molecule has 0 radical (unpaired) electrons. The Labute approximate surface area is 233 Å². The maximum atomic E-state index is 4.98.